The third-order valence-electron chi connectivity index (χ3n) is 1.86. The van der Waals surface area contributed by atoms with Crippen LogP contribution < -0.4 is 0 Å². The second-order valence-corrected chi connectivity index (χ2v) is 3.27. The average Bonchev–Trinajstić information content (AvgIpc) is 2.68. The van der Waals surface area contributed by atoms with Gasteiger partial charge in [-0.2, -0.15) is 5.10 Å². The molecule has 0 saturated heterocycles. The first-order chi connectivity index (χ1) is 7.29. The predicted molar refractivity (Wildman–Crippen MR) is 57.8 cm³/mol. The summed E-state index contributed by atoms with van der Waals surface area (Å²) in [7, 11) is 0. The summed E-state index contributed by atoms with van der Waals surface area (Å²) < 4.78 is 0. The molecule has 0 unspecified atom stereocenters. The van der Waals surface area contributed by atoms with Crippen molar-refractivity contribution in [1.82, 2.24) is 10.2 Å². The van der Waals surface area contributed by atoms with E-state index in [1.807, 2.05) is 12.1 Å². The molecule has 0 aliphatic rings. The van der Waals surface area contributed by atoms with Gasteiger partial charge in [-0.25, -0.2) is 0 Å². The summed E-state index contributed by atoms with van der Waals surface area (Å²) in [6.45, 7) is 0. The Hall–Kier alpha value is -1.97. The van der Waals surface area contributed by atoms with Gasteiger partial charge < -0.3 is 0 Å². The SMILES string of the molecule is [N-]=[N+]=Nc1cc(-c2ccc(Cl)cc2)n[nH]1. The Morgan fingerprint density at radius 1 is 1.33 bits per heavy atom. The Labute approximate surface area is 90.3 Å². The molecule has 74 valence electrons. The third-order valence-corrected chi connectivity index (χ3v) is 2.11. The molecule has 0 saturated carbocycles. The van der Waals surface area contributed by atoms with Gasteiger partial charge in [0, 0.05) is 15.5 Å². The lowest BCUT2D eigenvalue weighted by atomic mass is 10.1. The molecule has 2 aromatic rings. The van der Waals surface area contributed by atoms with Crippen LogP contribution in [0.5, 0.6) is 0 Å². The van der Waals surface area contributed by atoms with Crippen LogP contribution in [0.25, 0.3) is 21.7 Å². The van der Waals surface area contributed by atoms with Crippen molar-refractivity contribution >= 4 is 17.4 Å². The number of azide groups is 1. The molecule has 0 aliphatic heterocycles. The topological polar surface area (TPSA) is 77.4 Å². The molecule has 1 aromatic heterocycles. The molecular formula is C9H6ClN5. The number of aromatic amines is 1. The Kier molecular flexibility index (Phi) is 2.58. The maximum Gasteiger partial charge on any atom is 0.122 e. The number of H-pyrrole nitrogens is 1. The van der Waals surface area contributed by atoms with Crippen molar-refractivity contribution in [3.8, 4) is 11.3 Å². The van der Waals surface area contributed by atoms with Crippen LogP contribution in [0.3, 0.4) is 0 Å². The van der Waals surface area contributed by atoms with Gasteiger partial charge in [-0.3, -0.25) is 5.10 Å². The van der Waals surface area contributed by atoms with E-state index in [0.717, 1.165) is 5.56 Å². The van der Waals surface area contributed by atoms with Crippen molar-refractivity contribution < 1.29 is 0 Å². The molecule has 1 aromatic carbocycles. The van der Waals surface area contributed by atoms with Gasteiger partial charge in [0.05, 0.1) is 5.69 Å². The lowest BCUT2D eigenvalue weighted by Gasteiger charge is -1.94. The minimum atomic E-state index is 0.391. The fourth-order valence-corrected chi connectivity index (χ4v) is 1.31. The largest absolute Gasteiger partial charge is 0.275 e. The van der Waals surface area contributed by atoms with Crippen LogP contribution in [0, 0.1) is 0 Å². The van der Waals surface area contributed by atoms with Gasteiger partial charge in [-0.15, -0.1) is 0 Å². The number of nitrogens with zero attached hydrogens (tertiary/aromatic N) is 4. The lowest BCUT2D eigenvalue weighted by Crippen LogP contribution is -1.76. The molecule has 15 heavy (non-hydrogen) atoms. The van der Waals surface area contributed by atoms with Crippen molar-refractivity contribution in [2.45, 2.75) is 0 Å². The van der Waals surface area contributed by atoms with Crippen LogP contribution in [0.15, 0.2) is 35.4 Å². The van der Waals surface area contributed by atoms with Crippen LogP contribution in [-0.2, 0) is 0 Å². The molecule has 0 spiro atoms. The highest BCUT2D eigenvalue weighted by atomic mass is 35.5. The second-order valence-electron chi connectivity index (χ2n) is 2.83. The van der Waals surface area contributed by atoms with Gasteiger partial charge in [0.15, 0.2) is 0 Å². The van der Waals surface area contributed by atoms with E-state index >= 15 is 0 Å². The van der Waals surface area contributed by atoms with E-state index in [1.165, 1.54) is 0 Å². The van der Waals surface area contributed by atoms with E-state index in [1.54, 1.807) is 18.2 Å². The zero-order chi connectivity index (χ0) is 10.7. The molecule has 0 amide bonds. The molecule has 0 fully saturated rings. The molecule has 5 nitrogen and oxygen atoms in total. The standard InChI is InChI=1S/C9H6ClN5/c10-7-3-1-6(2-4-7)8-5-9(13-12-8)14-15-11/h1-5H,(H,12,13). The van der Waals surface area contributed by atoms with E-state index in [4.69, 9.17) is 17.1 Å². The highest BCUT2D eigenvalue weighted by Crippen LogP contribution is 2.22. The molecule has 6 heteroatoms. The monoisotopic (exact) mass is 219 g/mol. The number of rotatable bonds is 2. The van der Waals surface area contributed by atoms with E-state index in [9.17, 15) is 0 Å². The van der Waals surface area contributed by atoms with E-state index < -0.39 is 0 Å². The maximum atomic E-state index is 8.23. The van der Waals surface area contributed by atoms with Crippen LogP contribution in [0.1, 0.15) is 0 Å². The number of aromatic nitrogens is 2. The fraction of sp³-hybridized carbons (Fsp3) is 0. The second kappa shape index (κ2) is 4.04. The minimum Gasteiger partial charge on any atom is -0.275 e. The van der Waals surface area contributed by atoms with Crippen LogP contribution in [0.4, 0.5) is 5.82 Å². The fourth-order valence-electron chi connectivity index (χ4n) is 1.18. The molecule has 0 atom stereocenters. The predicted octanol–water partition coefficient (Wildman–Crippen LogP) is 3.67. The number of nitrogens with one attached hydrogen (secondary N) is 1. The zero-order valence-corrected chi connectivity index (χ0v) is 8.31. The van der Waals surface area contributed by atoms with Gasteiger partial charge >= 0.3 is 0 Å². The van der Waals surface area contributed by atoms with Crippen molar-refractivity contribution in [3.63, 3.8) is 0 Å². The number of hydrogen-bond donors (Lipinski definition) is 1. The van der Waals surface area contributed by atoms with Crippen molar-refractivity contribution in [2.75, 3.05) is 0 Å². The molecular weight excluding hydrogens is 214 g/mol. The van der Waals surface area contributed by atoms with Crippen molar-refractivity contribution in [3.05, 3.63) is 45.8 Å². The summed E-state index contributed by atoms with van der Waals surface area (Å²) in [5, 5.41) is 10.7. The molecule has 1 N–H and O–H groups in total. The summed E-state index contributed by atoms with van der Waals surface area (Å²) in [4.78, 5) is 2.66. The number of hydrogen-bond acceptors (Lipinski definition) is 2. The van der Waals surface area contributed by atoms with Gasteiger partial charge in [0.2, 0.25) is 0 Å². The van der Waals surface area contributed by atoms with Crippen molar-refractivity contribution in [2.24, 2.45) is 5.11 Å². The first-order valence-corrected chi connectivity index (χ1v) is 4.54. The van der Waals surface area contributed by atoms with Crippen molar-refractivity contribution in [1.29, 1.82) is 0 Å². The van der Waals surface area contributed by atoms with Gasteiger partial charge in [-0.1, -0.05) is 23.7 Å². The van der Waals surface area contributed by atoms with E-state index in [2.05, 4.69) is 20.2 Å². The summed E-state index contributed by atoms with van der Waals surface area (Å²) in [5.74, 6) is 0.391. The van der Waals surface area contributed by atoms with Gasteiger partial charge in [0.1, 0.15) is 5.82 Å². The summed E-state index contributed by atoms with van der Waals surface area (Å²) in [5.41, 5.74) is 9.86. The highest BCUT2D eigenvalue weighted by Gasteiger charge is 2.01. The minimum absolute atomic E-state index is 0.391. The number of halogens is 1. The van der Waals surface area contributed by atoms with Crippen LogP contribution in [-0.4, -0.2) is 10.2 Å². The molecule has 0 aliphatic carbocycles. The van der Waals surface area contributed by atoms with Gasteiger partial charge in [0.25, 0.3) is 0 Å². The highest BCUT2D eigenvalue weighted by molar-refractivity contribution is 6.30. The summed E-state index contributed by atoms with van der Waals surface area (Å²) >= 11 is 5.76. The number of benzene rings is 1. The Morgan fingerprint density at radius 2 is 2.07 bits per heavy atom. The molecule has 2 rings (SSSR count). The van der Waals surface area contributed by atoms with E-state index in [0.29, 0.717) is 16.5 Å². The summed E-state index contributed by atoms with van der Waals surface area (Å²) in [6.07, 6.45) is 0. The Balaban J connectivity index is 2.37. The van der Waals surface area contributed by atoms with Crippen LogP contribution in [0.2, 0.25) is 5.02 Å². The first-order valence-electron chi connectivity index (χ1n) is 4.16. The van der Waals surface area contributed by atoms with E-state index in [-0.39, 0.29) is 0 Å². The van der Waals surface area contributed by atoms with Gasteiger partial charge in [-0.05, 0) is 28.8 Å². The molecule has 1 heterocycles. The zero-order valence-electron chi connectivity index (χ0n) is 7.55. The smallest absolute Gasteiger partial charge is 0.122 e. The average molecular weight is 220 g/mol. The Bertz CT molecular complexity index is 510. The first kappa shape index (κ1) is 9.58. The molecule has 0 bridgehead atoms. The lowest BCUT2D eigenvalue weighted by molar-refractivity contribution is 1.08. The normalized spacial score (nSPS) is 9.67. The summed E-state index contributed by atoms with van der Waals surface area (Å²) in [6, 6.07) is 8.91. The maximum absolute atomic E-state index is 8.23. The Morgan fingerprint density at radius 3 is 2.73 bits per heavy atom. The molecule has 0 radical (unpaired) electrons. The van der Waals surface area contributed by atoms with Crippen LogP contribution >= 0.6 is 11.6 Å². The quantitative estimate of drug-likeness (QED) is 0.467. The third kappa shape index (κ3) is 2.10.